The molecule has 11 heteroatoms. The van der Waals surface area contributed by atoms with E-state index in [9.17, 15) is 14.9 Å². The number of amides is 2. The van der Waals surface area contributed by atoms with Crippen LogP contribution in [0.1, 0.15) is 52.0 Å². The number of nitrogens with one attached hydrogen (secondary N) is 2. The number of aromatic nitrogens is 2. The molecule has 0 bridgehead atoms. The predicted octanol–water partition coefficient (Wildman–Crippen LogP) is 2.21. The van der Waals surface area contributed by atoms with E-state index in [2.05, 4.69) is 20.6 Å². The second kappa shape index (κ2) is 8.83. The Labute approximate surface area is 180 Å². The minimum absolute atomic E-state index is 0.00135. The molecule has 0 aromatic carbocycles. The van der Waals surface area contributed by atoms with Crippen molar-refractivity contribution in [2.45, 2.75) is 64.2 Å². The molecule has 3 N–H and O–H groups in total. The van der Waals surface area contributed by atoms with Crippen molar-refractivity contribution in [3.63, 3.8) is 0 Å². The zero-order valence-electron chi connectivity index (χ0n) is 17.8. The van der Waals surface area contributed by atoms with Crippen molar-refractivity contribution in [3.8, 4) is 18.0 Å². The van der Waals surface area contributed by atoms with Gasteiger partial charge in [0.2, 0.25) is 5.88 Å². The summed E-state index contributed by atoms with van der Waals surface area (Å²) in [7, 11) is 0. The Morgan fingerprint density at radius 2 is 2.03 bits per heavy atom. The Hall–Kier alpha value is -3.29. The first-order chi connectivity index (χ1) is 14.6. The van der Waals surface area contributed by atoms with Gasteiger partial charge in [0, 0.05) is 6.04 Å². The van der Waals surface area contributed by atoms with Gasteiger partial charge >= 0.3 is 18.2 Å². The van der Waals surface area contributed by atoms with Gasteiger partial charge in [-0.1, -0.05) is 0 Å². The number of carbonyl (C=O) groups excluding carboxylic acids is 1. The lowest BCUT2D eigenvalue weighted by Gasteiger charge is -2.56. The van der Waals surface area contributed by atoms with Crippen LogP contribution in [0.3, 0.4) is 0 Å². The van der Waals surface area contributed by atoms with E-state index in [1.165, 1.54) is 6.20 Å². The van der Waals surface area contributed by atoms with Crippen LogP contribution in [-0.4, -0.2) is 58.2 Å². The molecule has 0 saturated heterocycles. The number of carboxylic acid groups (broad SMARTS) is 1. The summed E-state index contributed by atoms with van der Waals surface area (Å²) in [5.74, 6) is 0.159. The lowest BCUT2D eigenvalue weighted by Crippen LogP contribution is -2.58. The molecule has 2 aliphatic carbocycles. The molecular weight excluding hydrogens is 406 g/mol. The van der Waals surface area contributed by atoms with E-state index in [4.69, 9.17) is 19.3 Å². The summed E-state index contributed by atoms with van der Waals surface area (Å²) < 4.78 is 16.5. The Morgan fingerprint density at radius 3 is 2.65 bits per heavy atom. The average molecular weight is 433 g/mol. The van der Waals surface area contributed by atoms with Crippen LogP contribution in [0.15, 0.2) is 6.20 Å². The molecule has 31 heavy (non-hydrogen) atoms. The molecule has 1 aromatic heterocycles. The minimum Gasteiger partial charge on any atom is -0.473 e. The number of nitriles is 1. The number of nitrogens with zero attached hydrogens (tertiary/aromatic N) is 3. The third kappa shape index (κ3) is 6.10. The molecule has 2 saturated carbocycles. The second-order valence-electron chi connectivity index (χ2n) is 8.96. The zero-order valence-corrected chi connectivity index (χ0v) is 17.8. The standard InChI is InChI=1S/C20H27N5O6/c1-19(2,3)31-18(28)22-4-5-29-16-23-11-12(10-21)15(25-16)30-14-8-20(9-14)6-13(7-20)24-17(26)27/h11,13-14,24H,4-9H2,1-3H3,(H,22,28)(H,26,27). The van der Waals surface area contributed by atoms with Crippen LogP contribution in [-0.2, 0) is 4.74 Å². The monoisotopic (exact) mass is 433 g/mol. The first kappa shape index (κ1) is 22.4. The van der Waals surface area contributed by atoms with Gasteiger partial charge in [0.25, 0.3) is 0 Å². The molecule has 1 spiro atoms. The number of hydrogen-bond acceptors (Lipinski definition) is 8. The van der Waals surface area contributed by atoms with E-state index in [0.29, 0.717) is 0 Å². The molecule has 1 heterocycles. The third-order valence-electron chi connectivity index (χ3n) is 5.14. The van der Waals surface area contributed by atoms with Gasteiger partial charge in [-0.15, -0.1) is 0 Å². The molecule has 0 aliphatic heterocycles. The molecular formula is C20H27N5O6. The van der Waals surface area contributed by atoms with Crippen LogP contribution in [0.25, 0.3) is 0 Å². The highest BCUT2D eigenvalue weighted by molar-refractivity contribution is 5.67. The summed E-state index contributed by atoms with van der Waals surface area (Å²) in [6.07, 6.45) is 2.88. The van der Waals surface area contributed by atoms with Crippen molar-refractivity contribution in [2.75, 3.05) is 13.2 Å². The van der Waals surface area contributed by atoms with Crippen LogP contribution in [0.4, 0.5) is 9.59 Å². The summed E-state index contributed by atoms with van der Waals surface area (Å²) in [4.78, 5) is 30.5. The lowest BCUT2D eigenvalue weighted by molar-refractivity contribution is -0.0853. The Morgan fingerprint density at radius 1 is 1.32 bits per heavy atom. The van der Waals surface area contributed by atoms with Crippen molar-refractivity contribution < 1.29 is 28.9 Å². The van der Waals surface area contributed by atoms with Crippen molar-refractivity contribution >= 4 is 12.2 Å². The van der Waals surface area contributed by atoms with Gasteiger partial charge in [-0.2, -0.15) is 10.2 Å². The maximum atomic E-state index is 11.6. The number of ether oxygens (including phenoxy) is 3. The third-order valence-corrected chi connectivity index (χ3v) is 5.14. The highest BCUT2D eigenvalue weighted by Crippen LogP contribution is 2.56. The fraction of sp³-hybridized carbons (Fsp3) is 0.650. The summed E-state index contributed by atoms with van der Waals surface area (Å²) in [5, 5.41) is 23.1. The largest absolute Gasteiger partial charge is 0.473 e. The highest BCUT2D eigenvalue weighted by atomic mass is 16.6. The van der Waals surface area contributed by atoms with Gasteiger partial charge in [0.1, 0.15) is 29.9 Å². The van der Waals surface area contributed by atoms with E-state index in [-0.39, 0.29) is 48.2 Å². The molecule has 2 amide bonds. The molecule has 1 aromatic rings. The average Bonchev–Trinajstić information content (AvgIpc) is 2.60. The Kier molecular flexibility index (Phi) is 6.38. The fourth-order valence-electron chi connectivity index (χ4n) is 3.94. The van der Waals surface area contributed by atoms with Crippen LogP contribution < -0.4 is 20.1 Å². The van der Waals surface area contributed by atoms with Gasteiger partial charge < -0.3 is 30.0 Å². The summed E-state index contributed by atoms with van der Waals surface area (Å²) in [6.45, 7) is 5.64. The van der Waals surface area contributed by atoms with E-state index < -0.39 is 17.8 Å². The fourth-order valence-corrected chi connectivity index (χ4v) is 3.94. The van der Waals surface area contributed by atoms with Gasteiger partial charge in [-0.3, -0.25) is 0 Å². The molecule has 0 unspecified atom stereocenters. The molecule has 0 atom stereocenters. The number of rotatable bonds is 7. The van der Waals surface area contributed by atoms with E-state index in [1.807, 2.05) is 6.07 Å². The second-order valence-corrected chi connectivity index (χ2v) is 8.96. The van der Waals surface area contributed by atoms with Crippen molar-refractivity contribution in [2.24, 2.45) is 5.41 Å². The maximum Gasteiger partial charge on any atom is 0.407 e. The predicted molar refractivity (Wildman–Crippen MR) is 107 cm³/mol. The van der Waals surface area contributed by atoms with Gasteiger partial charge in [-0.25, -0.2) is 14.6 Å². The van der Waals surface area contributed by atoms with Crippen LogP contribution in [0, 0.1) is 16.7 Å². The highest BCUT2D eigenvalue weighted by Gasteiger charge is 2.54. The summed E-state index contributed by atoms with van der Waals surface area (Å²) in [6, 6.07) is 2.05. The number of hydrogen-bond donors (Lipinski definition) is 3. The molecule has 11 nitrogen and oxygen atoms in total. The van der Waals surface area contributed by atoms with E-state index in [0.717, 1.165) is 25.7 Å². The first-order valence-electron chi connectivity index (χ1n) is 10.1. The SMILES string of the molecule is CC(C)(C)OC(=O)NCCOc1ncc(C#N)c(OC2CC3(CC(NC(=O)O)C3)C2)n1. The summed E-state index contributed by atoms with van der Waals surface area (Å²) in [5.41, 5.74) is -0.260. The number of alkyl carbamates (subject to hydrolysis) is 1. The Balaban J connectivity index is 1.44. The zero-order chi connectivity index (χ0) is 22.6. The molecule has 168 valence electrons. The topological polar surface area (TPSA) is 156 Å². The smallest absolute Gasteiger partial charge is 0.407 e. The van der Waals surface area contributed by atoms with Crippen molar-refractivity contribution in [3.05, 3.63) is 11.8 Å². The molecule has 2 fully saturated rings. The van der Waals surface area contributed by atoms with Crippen LogP contribution >= 0.6 is 0 Å². The van der Waals surface area contributed by atoms with Crippen molar-refractivity contribution in [1.82, 2.24) is 20.6 Å². The van der Waals surface area contributed by atoms with E-state index >= 15 is 0 Å². The lowest BCUT2D eigenvalue weighted by atomic mass is 9.53. The van der Waals surface area contributed by atoms with Crippen LogP contribution in [0.2, 0.25) is 0 Å². The minimum atomic E-state index is -1.000. The van der Waals surface area contributed by atoms with Crippen LogP contribution in [0.5, 0.6) is 11.9 Å². The molecule has 0 radical (unpaired) electrons. The van der Waals surface area contributed by atoms with Gasteiger partial charge in [-0.05, 0) is 51.9 Å². The Bertz CT molecular complexity index is 864. The maximum absolute atomic E-state index is 11.6. The summed E-state index contributed by atoms with van der Waals surface area (Å²) >= 11 is 0. The van der Waals surface area contributed by atoms with Gasteiger partial charge in [0.05, 0.1) is 12.7 Å². The molecule has 2 aliphatic rings. The van der Waals surface area contributed by atoms with E-state index in [1.54, 1.807) is 20.8 Å². The van der Waals surface area contributed by atoms with Crippen molar-refractivity contribution in [1.29, 1.82) is 5.26 Å². The molecule has 3 rings (SSSR count). The number of carbonyl (C=O) groups is 2. The first-order valence-corrected chi connectivity index (χ1v) is 10.1. The quantitative estimate of drug-likeness (QED) is 0.549. The van der Waals surface area contributed by atoms with Gasteiger partial charge in [0.15, 0.2) is 0 Å². The normalized spacial score (nSPS) is 24.2.